The van der Waals surface area contributed by atoms with E-state index in [1.54, 1.807) is 0 Å². The van der Waals surface area contributed by atoms with Crippen LogP contribution in [-0.4, -0.2) is 98.6 Å². The van der Waals surface area contributed by atoms with Gasteiger partial charge in [-0.2, -0.15) is 26.3 Å². The Labute approximate surface area is 255 Å². The first kappa shape index (κ1) is 41.1. The van der Waals surface area contributed by atoms with Crippen molar-refractivity contribution in [1.29, 1.82) is 0 Å². The van der Waals surface area contributed by atoms with Gasteiger partial charge < -0.3 is 29.9 Å². The molecule has 0 aliphatic heterocycles. The van der Waals surface area contributed by atoms with E-state index in [9.17, 15) is 45.5 Å². The lowest BCUT2D eigenvalue weighted by Gasteiger charge is -2.24. The minimum atomic E-state index is -4.93. The molecule has 0 aliphatic carbocycles. The Morgan fingerprint density at radius 3 is 1.14 bits per heavy atom. The second kappa shape index (κ2) is 23.4. The van der Waals surface area contributed by atoms with Gasteiger partial charge in [-0.1, -0.05) is 26.7 Å². The van der Waals surface area contributed by atoms with Crippen molar-refractivity contribution >= 4 is 24.0 Å². The zero-order valence-corrected chi connectivity index (χ0v) is 25.8. The maximum absolute atomic E-state index is 12.6. The minimum absolute atomic E-state index is 0.133. The van der Waals surface area contributed by atoms with Crippen LogP contribution in [0.5, 0.6) is 0 Å². The lowest BCUT2D eigenvalue weighted by atomic mass is 10.2. The summed E-state index contributed by atoms with van der Waals surface area (Å²) in [6, 6.07) is 0. The number of hydrogen-bond acceptors (Lipinski definition) is 6. The molecule has 0 heterocycles. The first-order valence-electron chi connectivity index (χ1n) is 15.3. The topological polar surface area (TPSA) is 117 Å². The van der Waals surface area contributed by atoms with Crippen LogP contribution in [0, 0.1) is 0 Å². The normalized spacial score (nSPS) is 11.5. The van der Waals surface area contributed by atoms with Crippen LogP contribution in [0.4, 0.5) is 35.9 Å². The Hall–Kier alpha value is -2.94. The number of nitrogens with zero attached hydrogens (tertiary/aromatic N) is 2. The van der Waals surface area contributed by atoms with Crippen molar-refractivity contribution in [3.05, 3.63) is 0 Å². The molecule has 0 unspecified atom stereocenters. The molecule has 0 atom stereocenters. The predicted molar refractivity (Wildman–Crippen MR) is 151 cm³/mol. The molecule has 4 amide bonds. The predicted octanol–water partition coefficient (Wildman–Crippen LogP) is 5.94. The molecule has 44 heavy (non-hydrogen) atoms. The maximum atomic E-state index is 12.6. The van der Waals surface area contributed by atoms with Crippen LogP contribution in [-0.2, 0) is 19.1 Å². The van der Waals surface area contributed by atoms with Gasteiger partial charge in [-0.25, -0.2) is 9.59 Å². The van der Waals surface area contributed by atoms with Crippen molar-refractivity contribution in [2.24, 2.45) is 0 Å². The third-order valence-electron chi connectivity index (χ3n) is 6.36. The second-order valence-electron chi connectivity index (χ2n) is 10.2. The number of carbonyl (C=O) groups is 4. The molecule has 0 aliphatic rings. The first-order valence-corrected chi connectivity index (χ1v) is 15.3. The van der Waals surface area contributed by atoms with E-state index in [0.717, 1.165) is 12.8 Å². The standard InChI is InChI=1S/C28H48F6N4O6/c1-3-5-21-43-25(41)37(17-11-7-9-15-35-23(39)27(29,30)31)19-13-14-20-38(26(42)44-22-6-4-2)18-12-8-10-16-36-24(40)28(32,33)34/h3-22H2,1-2H3,(H,35,39)(H,36,40). The SMILES string of the molecule is CCCCOC(=O)N(CCCCCNC(=O)C(F)(F)F)CCCCN(CCCCCNC(=O)C(F)(F)F)C(=O)OCCCC. The Balaban J connectivity index is 4.77. The summed E-state index contributed by atoms with van der Waals surface area (Å²) in [5.74, 6) is -3.98. The van der Waals surface area contributed by atoms with Gasteiger partial charge in [0.1, 0.15) is 0 Å². The van der Waals surface area contributed by atoms with Crippen LogP contribution in [0.25, 0.3) is 0 Å². The van der Waals surface area contributed by atoms with Gasteiger partial charge in [-0.15, -0.1) is 0 Å². The van der Waals surface area contributed by atoms with E-state index in [1.807, 2.05) is 24.5 Å². The summed E-state index contributed by atoms with van der Waals surface area (Å²) < 4.78 is 84.3. The summed E-state index contributed by atoms with van der Waals surface area (Å²) in [7, 11) is 0. The average molecular weight is 651 g/mol. The molecule has 0 fully saturated rings. The van der Waals surface area contributed by atoms with Crippen molar-refractivity contribution < 1.29 is 55.0 Å². The number of rotatable bonds is 23. The molecule has 2 N–H and O–H groups in total. The van der Waals surface area contributed by atoms with Gasteiger partial charge in [0.05, 0.1) is 13.2 Å². The third-order valence-corrected chi connectivity index (χ3v) is 6.36. The minimum Gasteiger partial charge on any atom is -0.449 e. The molecule has 258 valence electrons. The quantitative estimate of drug-likeness (QED) is 0.104. The molecule has 10 nitrogen and oxygen atoms in total. The van der Waals surface area contributed by atoms with E-state index in [1.165, 1.54) is 9.80 Å². The largest absolute Gasteiger partial charge is 0.471 e. The Kier molecular flexibility index (Phi) is 21.9. The maximum Gasteiger partial charge on any atom is 0.471 e. The van der Waals surface area contributed by atoms with Crippen LogP contribution in [0.1, 0.15) is 90.9 Å². The second-order valence-corrected chi connectivity index (χ2v) is 10.2. The molecule has 0 spiro atoms. The number of ether oxygens (including phenoxy) is 2. The summed E-state index contributed by atoms with van der Waals surface area (Å²) in [6.07, 6.45) is -4.20. The summed E-state index contributed by atoms with van der Waals surface area (Å²) in [5.41, 5.74) is 0. The van der Waals surface area contributed by atoms with Crippen molar-refractivity contribution in [3.63, 3.8) is 0 Å². The van der Waals surface area contributed by atoms with E-state index in [4.69, 9.17) is 9.47 Å². The van der Waals surface area contributed by atoms with Crippen molar-refractivity contribution in [2.45, 2.75) is 103 Å². The van der Waals surface area contributed by atoms with Crippen LogP contribution in [0.15, 0.2) is 0 Å². The lowest BCUT2D eigenvalue weighted by molar-refractivity contribution is -0.173. The molecule has 0 radical (unpaired) electrons. The number of unbranched alkanes of at least 4 members (excludes halogenated alkanes) is 7. The van der Waals surface area contributed by atoms with Gasteiger partial charge in [-0.3, -0.25) is 9.59 Å². The summed E-state index contributed by atoms with van der Waals surface area (Å²) >= 11 is 0. The molecule has 0 saturated carbocycles. The fraction of sp³-hybridized carbons (Fsp3) is 0.857. The highest BCUT2D eigenvalue weighted by Gasteiger charge is 2.38. The van der Waals surface area contributed by atoms with E-state index >= 15 is 0 Å². The number of hydrogen-bond donors (Lipinski definition) is 2. The van der Waals surface area contributed by atoms with E-state index in [2.05, 4.69) is 0 Å². The smallest absolute Gasteiger partial charge is 0.449 e. The van der Waals surface area contributed by atoms with Crippen molar-refractivity contribution in [2.75, 3.05) is 52.5 Å². The van der Waals surface area contributed by atoms with E-state index < -0.39 is 36.4 Å². The van der Waals surface area contributed by atoms with E-state index in [-0.39, 0.29) is 26.3 Å². The highest BCUT2D eigenvalue weighted by molar-refractivity contribution is 5.81. The van der Waals surface area contributed by atoms with Crippen LogP contribution < -0.4 is 10.6 Å². The number of amides is 4. The first-order chi connectivity index (χ1) is 20.7. The molecule has 0 rings (SSSR count). The van der Waals surface area contributed by atoms with Crippen LogP contribution >= 0.6 is 0 Å². The average Bonchev–Trinajstić information content (AvgIpc) is 2.95. The molecule has 16 heteroatoms. The van der Waals surface area contributed by atoms with Gasteiger partial charge in [0.25, 0.3) is 0 Å². The molecular weight excluding hydrogens is 602 g/mol. The summed E-state index contributed by atoms with van der Waals surface area (Å²) in [4.78, 5) is 50.0. The zero-order chi connectivity index (χ0) is 33.4. The molecule has 0 aromatic rings. The fourth-order valence-electron chi connectivity index (χ4n) is 3.80. The zero-order valence-electron chi connectivity index (χ0n) is 25.8. The Morgan fingerprint density at radius 2 is 0.841 bits per heavy atom. The lowest BCUT2D eigenvalue weighted by Crippen LogP contribution is -2.37. The van der Waals surface area contributed by atoms with Gasteiger partial charge >= 0.3 is 36.4 Å². The van der Waals surface area contributed by atoms with Crippen LogP contribution in [0.3, 0.4) is 0 Å². The van der Waals surface area contributed by atoms with Crippen molar-refractivity contribution in [3.8, 4) is 0 Å². The number of nitrogens with one attached hydrogen (secondary N) is 2. The fourth-order valence-corrected chi connectivity index (χ4v) is 3.80. The van der Waals surface area contributed by atoms with Crippen LogP contribution in [0.2, 0.25) is 0 Å². The molecule has 0 aromatic carbocycles. The third kappa shape index (κ3) is 20.9. The van der Waals surface area contributed by atoms with Gasteiger partial charge in [0.2, 0.25) is 0 Å². The Morgan fingerprint density at radius 1 is 0.523 bits per heavy atom. The Bertz CT molecular complexity index is 763. The number of alkyl halides is 6. The van der Waals surface area contributed by atoms with E-state index in [0.29, 0.717) is 90.4 Å². The molecule has 0 aromatic heterocycles. The summed E-state index contributed by atoms with van der Waals surface area (Å²) in [6.45, 7) is 5.43. The van der Waals surface area contributed by atoms with Gasteiger partial charge in [0.15, 0.2) is 0 Å². The monoisotopic (exact) mass is 650 g/mol. The molecule has 0 bridgehead atoms. The molecule has 0 saturated heterocycles. The van der Waals surface area contributed by atoms with Gasteiger partial charge in [0, 0.05) is 39.3 Å². The highest BCUT2D eigenvalue weighted by atomic mass is 19.4. The number of halogens is 6. The van der Waals surface area contributed by atoms with Crippen molar-refractivity contribution in [1.82, 2.24) is 20.4 Å². The highest BCUT2D eigenvalue weighted by Crippen LogP contribution is 2.15. The van der Waals surface area contributed by atoms with Gasteiger partial charge in [-0.05, 0) is 64.2 Å². The summed E-state index contributed by atoms with van der Waals surface area (Å²) in [5, 5.41) is 3.62. The molecular formula is C28H48F6N4O6. The number of carbonyl (C=O) groups excluding carboxylic acids is 4.